The lowest BCUT2D eigenvalue weighted by Crippen LogP contribution is -2.66. The Balaban J connectivity index is 2.27. The van der Waals surface area contributed by atoms with Gasteiger partial charge in [-0.3, -0.25) is 26.1 Å². The Morgan fingerprint density at radius 2 is 1.58 bits per heavy atom. The number of quaternary nitrogens is 1. The zero-order chi connectivity index (χ0) is 14.0. The lowest BCUT2D eigenvalue weighted by molar-refractivity contribution is -0.379. The number of amides is 4. The fourth-order valence-corrected chi connectivity index (χ4v) is 1.60. The monoisotopic (exact) mass is 261 g/mol. The highest BCUT2D eigenvalue weighted by molar-refractivity contribution is 6.31. The molecule has 5 N–H and O–H groups in total. The molecule has 1 aliphatic heterocycles. The van der Waals surface area contributed by atoms with E-state index in [4.69, 9.17) is 0 Å². The van der Waals surface area contributed by atoms with Crippen LogP contribution in [0.5, 0.6) is 0 Å². The van der Waals surface area contributed by atoms with Crippen LogP contribution in [0.15, 0.2) is 29.8 Å². The van der Waals surface area contributed by atoms with Gasteiger partial charge in [-0.25, -0.2) is 9.80 Å². The van der Waals surface area contributed by atoms with Crippen molar-refractivity contribution in [3.05, 3.63) is 35.4 Å². The first kappa shape index (κ1) is 12.8. The van der Waals surface area contributed by atoms with Crippen LogP contribution in [0.3, 0.4) is 0 Å². The van der Waals surface area contributed by atoms with E-state index >= 15 is 0 Å². The summed E-state index contributed by atoms with van der Waals surface area (Å²) in [6.07, 6.45) is 1.42. The van der Waals surface area contributed by atoms with E-state index in [-0.39, 0.29) is 5.57 Å². The number of anilines is 1. The maximum atomic E-state index is 11.5. The van der Waals surface area contributed by atoms with E-state index < -0.39 is 17.8 Å². The van der Waals surface area contributed by atoms with Crippen LogP contribution >= 0.6 is 0 Å². The number of urea groups is 1. The van der Waals surface area contributed by atoms with Crippen LogP contribution in [0, 0.1) is 0 Å². The highest BCUT2D eigenvalue weighted by Gasteiger charge is 2.27. The average molecular weight is 261 g/mol. The summed E-state index contributed by atoms with van der Waals surface area (Å²) in [5, 5.41) is 5.72. The van der Waals surface area contributed by atoms with Crippen molar-refractivity contribution in [2.45, 2.75) is 0 Å². The van der Waals surface area contributed by atoms with Crippen molar-refractivity contribution < 1.29 is 20.2 Å². The summed E-state index contributed by atoms with van der Waals surface area (Å²) in [6, 6.07) is 6.31. The van der Waals surface area contributed by atoms with Crippen LogP contribution < -0.4 is 21.5 Å². The van der Waals surface area contributed by atoms with Crippen LogP contribution in [-0.2, 0) is 9.59 Å². The van der Waals surface area contributed by atoms with E-state index in [1.807, 2.05) is 22.8 Å². The first-order chi connectivity index (χ1) is 8.97. The number of imide groups is 2. The molecule has 0 bridgehead atoms. The lowest BCUT2D eigenvalue weighted by atomic mass is 10.1. The molecule has 0 saturated carbocycles. The van der Waals surface area contributed by atoms with Gasteiger partial charge in [0.1, 0.15) is 5.57 Å². The van der Waals surface area contributed by atoms with Crippen molar-refractivity contribution in [2.75, 3.05) is 12.1 Å². The quantitative estimate of drug-likeness (QED) is 0.362. The van der Waals surface area contributed by atoms with Gasteiger partial charge in [0.05, 0.1) is 12.7 Å². The Morgan fingerprint density at radius 1 is 1.05 bits per heavy atom. The topological polar surface area (TPSA) is 106 Å². The van der Waals surface area contributed by atoms with Crippen molar-refractivity contribution >= 4 is 29.6 Å². The van der Waals surface area contributed by atoms with Crippen LogP contribution in [0.1, 0.15) is 5.56 Å². The summed E-state index contributed by atoms with van der Waals surface area (Å²) in [4.78, 5) is 33.9. The molecule has 7 heteroatoms. The molecule has 0 radical (unpaired) electrons. The molecule has 19 heavy (non-hydrogen) atoms. The number of rotatable bonds is 2. The first-order valence-corrected chi connectivity index (χ1v) is 5.50. The molecule has 0 aromatic heterocycles. The summed E-state index contributed by atoms with van der Waals surface area (Å²) in [6.45, 7) is 0. The second-order valence-corrected chi connectivity index (χ2v) is 4.08. The number of benzene rings is 1. The summed E-state index contributed by atoms with van der Waals surface area (Å²) < 4.78 is 0. The van der Waals surface area contributed by atoms with E-state index in [1.54, 1.807) is 24.2 Å². The third-order valence-electron chi connectivity index (χ3n) is 2.59. The smallest absolute Gasteiger partial charge is 0.273 e. The molecule has 1 aromatic rings. The third kappa shape index (κ3) is 2.78. The van der Waals surface area contributed by atoms with Gasteiger partial charge in [-0.05, 0) is 23.8 Å². The van der Waals surface area contributed by atoms with Crippen LogP contribution in [0.2, 0.25) is 0 Å². The van der Waals surface area contributed by atoms with Crippen LogP contribution in [-0.4, -0.2) is 24.9 Å². The zero-order valence-electron chi connectivity index (χ0n) is 10.3. The predicted octanol–water partition coefficient (Wildman–Crippen LogP) is -0.971. The average Bonchev–Trinajstić information content (AvgIpc) is 2.34. The van der Waals surface area contributed by atoms with Gasteiger partial charge in [-0.1, -0.05) is 12.1 Å². The van der Waals surface area contributed by atoms with E-state index in [0.717, 1.165) is 5.69 Å². The number of nitrogens with one attached hydrogen (secondary N) is 2. The summed E-state index contributed by atoms with van der Waals surface area (Å²) in [5.74, 6) is 2.34. The van der Waals surface area contributed by atoms with Crippen molar-refractivity contribution in [1.82, 2.24) is 10.6 Å². The molecule has 0 aliphatic carbocycles. The molecule has 0 unspecified atom stereocenters. The molecule has 98 valence electrons. The number of barbiturate groups is 1. The van der Waals surface area contributed by atoms with Crippen molar-refractivity contribution in [3.63, 3.8) is 0 Å². The maximum absolute atomic E-state index is 11.5. The summed E-state index contributed by atoms with van der Waals surface area (Å²) in [5.41, 5.74) is 1.48. The van der Waals surface area contributed by atoms with Gasteiger partial charge in [-0.15, -0.1) is 0 Å². The minimum Gasteiger partial charge on any atom is -0.273 e. The van der Waals surface area contributed by atoms with E-state index in [9.17, 15) is 14.4 Å². The molecule has 1 fully saturated rings. The number of carbonyl (C=O) groups is 3. The van der Waals surface area contributed by atoms with E-state index in [2.05, 4.69) is 5.84 Å². The Morgan fingerprint density at radius 3 is 2.05 bits per heavy atom. The standard InChI is InChI=1S/C12H12N4O3/c1-16(13)8-4-2-7(3-5-8)6-9-10(17)14-12(19)15-11(9)18/h2-6H,13H2,1H3,(H2,14,15,17,18,19)/p+1. The molecule has 0 spiro atoms. The SMILES string of the molecule is CN([NH3+])c1ccc(C=C2C(=O)NC(=O)NC2=O)cc1. The minimum absolute atomic E-state index is 0.102. The van der Waals surface area contributed by atoms with Gasteiger partial charge in [0.15, 0.2) is 0 Å². The fourth-order valence-electron chi connectivity index (χ4n) is 1.60. The highest BCUT2D eigenvalue weighted by Crippen LogP contribution is 2.14. The molecule has 1 aliphatic rings. The minimum atomic E-state index is -0.804. The van der Waals surface area contributed by atoms with Gasteiger partial charge in [0.2, 0.25) is 0 Å². The normalized spacial score (nSPS) is 14.8. The maximum Gasteiger partial charge on any atom is 0.328 e. The summed E-state index contributed by atoms with van der Waals surface area (Å²) >= 11 is 0. The van der Waals surface area contributed by atoms with E-state index in [1.165, 1.54) is 6.08 Å². The van der Waals surface area contributed by atoms with Crippen LogP contribution in [0.4, 0.5) is 10.5 Å². The molecule has 1 aromatic carbocycles. The molecular weight excluding hydrogens is 248 g/mol. The predicted molar refractivity (Wildman–Crippen MR) is 67.4 cm³/mol. The molecular formula is C12H13N4O3+. The molecule has 7 nitrogen and oxygen atoms in total. The molecule has 1 heterocycles. The zero-order valence-corrected chi connectivity index (χ0v) is 10.3. The second kappa shape index (κ2) is 4.91. The molecule has 0 atom stereocenters. The highest BCUT2D eigenvalue weighted by atomic mass is 16.2. The Labute approximate surface area is 109 Å². The number of nitrogens with zero attached hydrogens (tertiary/aromatic N) is 1. The molecule has 1 saturated heterocycles. The van der Waals surface area contributed by atoms with Gasteiger partial charge >= 0.3 is 6.03 Å². The first-order valence-electron chi connectivity index (χ1n) is 5.50. The van der Waals surface area contributed by atoms with Crippen molar-refractivity contribution in [1.29, 1.82) is 0 Å². The van der Waals surface area contributed by atoms with Gasteiger partial charge in [0.25, 0.3) is 11.8 Å². The van der Waals surface area contributed by atoms with Gasteiger partial charge < -0.3 is 0 Å². The Bertz CT molecular complexity index is 553. The van der Waals surface area contributed by atoms with E-state index in [0.29, 0.717) is 5.56 Å². The molecule has 2 rings (SSSR count). The largest absolute Gasteiger partial charge is 0.328 e. The Kier molecular flexibility index (Phi) is 3.30. The van der Waals surface area contributed by atoms with Crippen LogP contribution in [0.25, 0.3) is 6.08 Å². The van der Waals surface area contributed by atoms with Crippen molar-refractivity contribution in [2.24, 2.45) is 0 Å². The summed E-state index contributed by atoms with van der Waals surface area (Å²) in [7, 11) is 1.81. The number of hydrogen-bond acceptors (Lipinski definition) is 4. The second-order valence-electron chi connectivity index (χ2n) is 4.08. The fraction of sp³-hybridized carbons (Fsp3) is 0.0833. The van der Waals surface area contributed by atoms with Gasteiger partial charge in [0, 0.05) is 0 Å². The Hall–Kier alpha value is -2.67. The number of carbonyl (C=O) groups excluding carboxylic acids is 3. The van der Waals surface area contributed by atoms with Gasteiger partial charge in [-0.2, -0.15) is 0 Å². The van der Waals surface area contributed by atoms with Crippen molar-refractivity contribution in [3.8, 4) is 0 Å². The molecule has 4 amide bonds. The lowest BCUT2D eigenvalue weighted by Gasteiger charge is -2.14. The number of hydrogen-bond donors (Lipinski definition) is 3. The third-order valence-corrected chi connectivity index (χ3v) is 2.59.